The minimum Gasteiger partial charge on any atom is -0.443 e. The van der Waals surface area contributed by atoms with Gasteiger partial charge in [-0.05, 0) is 18.6 Å². The summed E-state index contributed by atoms with van der Waals surface area (Å²) in [6.45, 7) is 1.66. The fourth-order valence-electron chi connectivity index (χ4n) is 1.08. The second-order valence-electron chi connectivity index (χ2n) is 3.23. The molecule has 0 fully saturated rings. The molecule has 16 heavy (non-hydrogen) atoms. The molecule has 1 amide bonds. The quantitative estimate of drug-likeness (QED) is 0.663. The third kappa shape index (κ3) is 4.18. The van der Waals surface area contributed by atoms with Crippen molar-refractivity contribution < 1.29 is 14.6 Å². The van der Waals surface area contributed by atoms with Crippen molar-refractivity contribution in [1.82, 2.24) is 5.43 Å². The highest BCUT2D eigenvalue weighted by molar-refractivity contribution is 5.69. The van der Waals surface area contributed by atoms with Crippen molar-refractivity contribution in [2.24, 2.45) is 0 Å². The smallest absolute Gasteiger partial charge is 0.426 e. The zero-order chi connectivity index (χ0) is 11.8. The molecule has 3 N–H and O–H groups in total. The molecule has 5 nitrogen and oxygen atoms in total. The lowest BCUT2D eigenvalue weighted by molar-refractivity contribution is 0.0567. The normalized spacial score (nSPS) is 11.6. The second kappa shape index (κ2) is 6.68. The van der Waals surface area contributed by atoms with Gasteiger partial charge in [-0.25, -0.2) is 10.2 Å². The Bertz CT molecular complexity index is 312. The molecule has 1 aromatic carbocycles. The highest BCUT2D eigenvalue weighted by Crippen LogP contribution is 2.03. The van der Waals surface area contributed by atoms with Crippen LogP contribution in [-0.2, 0) is 4.74 Å². The lowest BCUT2D eigenvalue weighted by Gasteiger charge is -2.14. The number of hydrogen-bond acceptors (Lipinski definition) is 4. The average Bonchev–Trinajstić information content (AvgIpc) is 2.34. The summed E-state index contributed by atoms with van der Waals surface area (Å²) in [6, 6.07) is 9.19. The Balaban J connectivity index is 2.30. The van der Waals surface area contributed by atoms with Gasteiger partial charge in [0.25, 0.3) is 0 Å². The zero-order valence-corrected chi connectivity index (χ0v) is 9.14. The predicted octanol–water partition coefficient (Wildman–Crippen LogP) is 1.51. The number of ether oxygens (including phenoxy) is 1. The van der Waals surface area contributed by atoms with Gasteiger partial charge in [0.15, 0.2) is 0 Å². The number of para-hydroxylation sites is 1. The molecule has 88 valence electrons. The fourth-order valence-corrected chi connectivity index (χ4v) is 1.08. The van der Waals surface area contributed by atoms with E-state index in [1.807, 2.05) is 37.3 Å². The van der Waals surface area contributed by atoms with Gasteiger partial charge >= 0.3 is 6.09 Å². The summed E-state index contributed by atoms with van der Waals surface area (Å²) in [4.78, 5) is 11.2. The molecule has 0 aliphatic rings. The molecule has 0 aliphatic heterocycles. The first kappa shape index (κ1) is 12.3. The van der Waals surface area contributed by atoms with Crippen LogP contribution < -0.4 is 10.9 Å². The molecule has 1 atom stereocenters. The molecular formula is C11H16N2O3. The van der Waals surface area contributed by atoms with E-state index < -0.39 is 12.2 Å². The average molecular weight is 224 g/mol. The van der Waals surface area contributed by atoms with Gasteiger partial charge in [0.1, 0.15) is 6.10 Å². The van der Waals surface area contributed by atoms with Crippen molar-refractivity contribution in [2.75, 3.05) is 12.0 Å². The summed E-state index contributed by atoms with van der Waals surface area (Å²) in [5, 5.41) is 8.83. The van der Waals surface area contributed by atoms with Gasteiger partial charge in [0.05, 0.1) is 12.3 Å². The van der Waals surface area contributed by atoms with Crippen LogP contribution in [-0.4, -0.2) is 23.9 Å². The number of carbonyl (C=O) groups is 1. The van der Waals surface area contributed by atoms with E-state index in [2.05, 4.69) is 10.9 Å². The Kier molecular flexibility index (Phi) is 5.15. The Morgan fingerprint density at radius 2 is 2.12 bits per heavy atom. The van der Waals surface area contributed by atoms with Gasteiger partial charge in [-0.2, -0.15) is 0 Å². The summed E-state index contributed by atoms with van der Waals surface area (Å²) in [5.41, 5.74) is 5.83. The molecule has 1 aromatic rings. The van der Waals surface area contributed by atoms with Gasteiger partial charge in [-0.15, -0.1) is 0 Å². The summed E-state index contributed by atoms with van der Waals surface area (Å²) >= 11 is 0. The van der Waals surface area contributed by atoms with E-state index >= 15 is 0 Å². The molecule has 0 bridgehead atoms. The van der Waals surface area contributed by atoms with Gasteiger partial charge in [0, 0.05) is 0 Å². The lowest BCUT2D eigenvalue weighted by Crippen LogP contribution is -2.34. The van der Waals surface area contributed by atoms with Crippen molar-refractivity contribution in [1.29, 1.82) is 0 Å². The highest BCUT2D eigenvalue weighted by Gasteiger charge is 2.10. The Labute approximate surface area is 94.4 Å². The topological polar surface area (TPSA) is 70.6 Å². The molecule has 0 radical (unpaired) electrons. The third-order valence-electron chi connectivity index (χ3n) is 2.02. The number of carbonyl (C=O) groups excluding carboxylic acids is 1. The van der Waals surface area contributed by atoms with Gasteiger partial charge in [-0.1, -0.05) is 25.1 Å². The van der Waals surface area contributed by atoms with Crippen LogP contribution in [0.3, 0.4) is 0 Å². The van der Waals surface area contributed by atoms with Crippen molar-refractivity contribution in [3.8, 4) is 0 Å². The number of hydrazine groups is 1. The first-order valence-corrected chi connectivity index (χ1v) is 5.14. The number of aliphatic hydroxyl groups excluding tert-OH is 1. The maximum absolute atomic E-state index is 11.2. The van der Waals surface area contributed by atoms with Crippen LogP contribution in [0.15, 0.2) is 30.3 Å². The van der Waals surface area contributed by atoms with Crippen LogP contribution in [0.1, 0.15) is 13.3 Å². The number of hydrogen-bond donors (Lipinski definition) is 3. The molecule has 0 heterocycles. The monoisotopic (exact) mass is 224 g/mol. The number of benzene rings is 1. The molecule has 0 saturated heterocycles. The number of aliphatic hydroxyl groups is 1. The van der Waals surface area contributed by atoms with Crippen LogP contribution in [0.25, 0.3) is 0 Å². The maximum atomic E-state index is 11.2. The van der Waals surface area contributed by atoms with Crippen LogP contribution in [0.2, 0.25) is 0 Å². The third-order valence-corrected chi connectivity index (χ3v) is 2.02. The van der Waals surface area contributed by atoms with Crippen LogP contribution in [0.4, 0.5) is 10.5 Å². The van der Waals surface area contributed by atoms with Crippen LogP contribution >= 0.6 is 0 Å². The van der Waals surface area contributed by atoms with Crippen molar-refractivity contribution in [3.05, 3.63) is 30.3 Å². The number of rotatable bonds is 5. The van der Waals surface area contributed by atoms with E-state index in [1.165, 1.54) is 0 Å². The zero-order valence-electron chi connectivity index (χ0n) is 9.14. The van der Waals surface area contributed by atoms with E-state index in [4.69, 9.17) is 9.84 Å². The maximum Gasteiger partial charge on any atom is 0.426 e. The summed E-state index contributed by atoms with van der Waals surface area (Å²) < 4.78 is 4.91. The van der Waals surface area contributed by atoms with Gasteiger partial charge in [0.2, 0.25) is 0 Å². The lowest BCUT2D eigenvalue weighted by atomic mass is 10.3. The number of anilines is 1. The molecule has 1 unspecified atom stereocenters. The minimum absolute atomic E-state index is 0.171. The minimum atomic E-state index is -0.607. The Morgan fingerprint density at radius 1 is 1.44 bits per heavy atom. The van der Waals surface area contributed by atoms with Crippen molar-refractivity contribution in [2.45, 2.75) is 19.4 Å². The van der Waals surface area contributed by atoms with Crippen LogP contribution in [0.5, 0.6) is 0 Å². The van der Waals surface area contributed by atoms with Crippen molar-refractivity contribution in [3.63, 3.8) is 0 Å². The van der Waals surface area contributed by atoms with E-state index in [0.717, 1.165) is 5.69 Å². The SMILES string of the molecule is CCC(CO)OC(=O)NNc1ccccc1. The van der Waals surface area contributed by atoms with E-state index in [1.54, 1.807) is 0 Å². The molecule has 5 heteroatoms. The summed E-state index contributed by atoms with van der Waals surface area (Å²) in [7, 11) is 0. The summed E-state index contributed by atoms with van der Waals surface area (Å²) in [5.74, 6) is 0. The van der Waals surface area contributed by atoms with Crippen molar-refractivity contribution >= 4 is 11.8 Å². The standard InChI is InChI=1S/C11H16N2O3/c1-2-10(8-14)16-11(15)13-12-9-6-4-3-5-7-9/h3-7,10,12,14H,2,8H2,1H3,(H,13,15). The molecule has 1 rings (SSSR count). The first-order chi connectivity index (χ1) is 7.76. The molecular weight excluding hydrogens is 208 g/mol. The fraction of sp³-hybridized carbons (Fsp3) is 0.364. The Morgan fingerprint density at radius 3 is 2.69 bits per heavy atom. The van der Waals surface area contributed by atoms with E-state index in [-0.39, 0.29) is 6.61 Å². The molecule has 0 aromatic heterocycles. The first-order valence-electron chi connectivity index (χ1n) is 5.14. The van der Waals surface area contributed by atoms with E-state index in [9.17, 15) is 4.79 Å². The Hall–Kier alpha value is -1.75. The van der Waals surface area contributed by atoms with E-state index in [0.29, 0.717) is 6.42 Å². The molecule has 0 saturated carbocycles. The molecule has 0 aliphatic carbocycles. The second-order valence-corrected chi connectivity index (χ2v) is 3.23. The number of amides is 1. The molecule has 0 spiro atoms. The largest absolute Gasteiger partial charge is 0.443 e. The highest BCUT2D eigenvalue weighted by atomic mass is 16.6. The predicted molar refractivity (Wildman–Crippen MR) is 60.8 cm³/mol. The van der Waals surface area contributed by atoms with Gasteiger partial charge < -0.3 is 9.84 Å². The summed E-state index contributed by atoms with van der Waals surface area (Å²) in [6.07, 6.45) is -0.489. The number of nitrogens with one attached hydrogen (secondary N) is 2. The van der Waals surface area contributed by atoms with Crippen LogP contribution in [0, 0.1) is 0 Å². The van der Waals surface area contributed by atoms with Gasteiger partial charge in [-0.3, -0.25) is 5.43 Å².